The largest absolute Gasteiger partial charge is 0.381 e. The molecule has 0 saturated carbocycles. The predicted octanol–water partition coefficient (Wildman–Crippen LogP) is 4.29. The maximum absolute atomic E-state index is 5.47. The molecular weight excluding hydrogens is 358 g/mol. The van der Waals surface area contributed by atoms with Gasteiger partial charge in [-0.05, 0) is 43.0 Å². The molecule has 1 N–H and O–H groups in total. The molecule has 2 rings (SSSR count). The van der Waals surface area contributed by atoms with E-state index in [-0.39, 0.29) is 0 Å². The summed E-state index contributed by atoms with van der Waals surface area (Å²) in [6, 6.07) is 6.86. The average Bonchev–Trinajstić information content (AvgIpc) is 2.38. The van der Waals surface area contributed by atoms with Crippen LogP contribution in [0.4, 0.5) is 0 Å². The normalized spacial score (nSPS) is 18.8. The lowest BCUT2D eigenvalue weighted by Gasteiger charge is -2.32. The average molecular weight is 377 g/mol. The number of ether oxygens (including phenoxy) is 1. The second-order valence-electron chi connectivity index (χ2n) is 4.65. The summed E-state index contributed by atoms with van der Waals surface area (Å²) in [4.78, 5) is 0. The minimum Gasteiger partial charge on any atom is -0.381 e. The van der Waals surface area contributed by atoms with Gasteiger partial charge in [-0.15, -0.1) is 0 Å². The fourth-order valence-corrected chi connectivity index (χ4v) is 3.85. The summed E-state index contributed by atoms with van der Waals surface area (Å²) >= 11 is 7.19. The first-order valence-electron chi connectivity index (χ1n) is 6.48. The molecule has 0 aromatic heterocycles. The van der Waals surface area contributed by atoms with E-state index in [0.717, 1.165) is 37.1 Å². The van der Waals surface area contributed by atoms with Gasteiger partial charge in [0.25, 0.3) is 0 Å². The zero-order valence-electron chi connectivity index (χ0n) is 10.6. The molecule has 1 aliphatic rings. The topological polar surface area (TPSA) is 21.3 Å². The van der Waals surface area contributed by atoms with Crippen LogP contribution in [-0.2, 0) is 4.74 Å². The van der Waals surface area contributed by atoms with Crippen molar-refractivity contribution < 1.29 is 4.74 Å². The van der Waals surface area contributed by atoms with Crippen LogP contribution in [0.25, 0.3) is 0 Å². The lowest BCUT2D eigenvalue weighted by molar-refractivity contribution is 0.0537. The van der Waals surface area contributed by atoms with Crippen molar-refractivity contribution in [1.29, 1.82) is 0 Å². The van der Waals surface area contributed by atoms with Gasteiger partial charge in [-0.25, -0.2) is 0 Å². The van der Waals surface area contributed by atoms with E-state index >= 15 is 0 Å². The van der Waals surface area contributed by atoms with Gasteiger partial charge in [0.15, 0.2) is 0 Å². The van der Waals surface area contributed by atoms with Gasteiger partial charge in [-0.3, -0.25) is 0 Å². The molecule has 0 bridgehead atoms. The van der Waals surface area contributed by atoms with Crippen molar-refractivity contribution in [2.45, 2.75) is 25.8 Å². The molecule has 18 heavy (non-hydrogen) atoms. The molecule has 0 radical (unpaired) electrons. The molecule has 1 aromatic carbocycles. The zero-order chi connectivity index (χ0) is 13.0. The summed E-state index contributed by atoms with van der Waals surface area (Å²) < 4.78 is 7.75. The van der Waals surface area contributed by atoms with Gasteiger partial charge in [-0.1, -0.05) is 44.8 Å². The van der Waals surface area contributed by atoms with E-state index in [4.69, 9.17) is 4.74 Å². The molecule has 2 nitrogen and oxygen atoms in total. The Kier molecular flexibility index (Phi) is 5.67. The molecule has 0 amide bonds. The molecule has 1 fully saturated rings. The molecule has 1 aromatic rings. The molecule has 1 saturated heterocycles. The third-order valence-electron chi connectivity index (χ3n) is 3.46. The van der Waals surface area contributed by atoms with Crippen LogP contribution in [0.1, 0.15) is 31.4 Å². The highest BCUT2D eigenvalue weighted by molar-refractivity contribution is 9.11. The van der Waals surface area contributed by atoms with Crippen molar-refractivity contribution in [3.8, 4) is 0 Å². The Morgan fingerprint density at radius 1 is 1.33 bits per heavy atom. The first-order valence-corrected chi connectivity index (χ1v) is 8.07. The van der Waals surface area contributed by atoms with Gasteiger partial charge in [-0.2, -0.15) is 0 Å². The molecule has 4 heteroatoms. The summed E-state index contributed by atoms with van der Waals surface area (Å²) in [5.41, 5.74) is 1.35. The fraction of sp³-hybridized carbons (Fsp3) is 0.571. The van der Waals surface area contributed by atoms with Gasteiger partial charge in [0.2, 0.25) is 0 Å². The van der Waals surface area contributed by atoms with E-state index in [1.807, 2.05) is 0 Å². The third-order valence-corrected chi connectivity index (χ3v) is 4.64. The quantitative estimate of drug-likeness (QED) is 0.846. The maximum Gasteiger partial charge on any atom is 0.0469 e. The van der Waals surface area contributed by atoms with Gasteiger partial charge in [0, 0.05) is 28.2 Å². The molecular formula is C14H19Br2NO. The van der Waals surface area contributed by atoms with Crippen molar-refractivity contribution >= 4 is 31.9 Å². The van der Waals surface area contributed by atoms with Crippen LogP contribution in [0.2, 0.25) is 0 Å². The summed E-state index contributed by atoms with van der Waals surface area (Å²) in [7, 11) is 0. The molecule has 1 atom stereocenters. The zero-order valence-corrected chi connectivity index (χ0v) is 13.8. The minimum absolute atomic E-state index is 0.418. The van der Waals surface area contributed by atoms with Crippen molar-refractivity contribution in [3.05, 3.63) is 32.7 Å². The highest BCUT2D eigenvalue weighted by Crippen LogP contribution is 2.35. The molecule has 1 heterocycles. The van der Waals surface area contributed by atoms with E-state index < -0.39 is 0 Å². The van der Waals surface area contributed by atoms with Crippen molar-refractivity contribution in [3.63, 3.8) is 0 Å². The smallest absolute Gasteiger partial charge is 0.0469 e. The molecule has 1 aliphatic heterocycles. The molecule has 0 aliphatic carbocycles. The van der Waals surface area contributed by atoms with Crippen LogP contribution in [0.5, 0.6) is 0 Å². The molecule has 0 spiro atoms. The monoisotopic (exact) mass is 375 g/mol. The van der Waals surface area contributed by atoms with Gasteiger partial charge >= 0.3 is 0 Å². The highest BCUT2D eigenvalue weighted by Gasteiger charge is 2.26. The first kappa shape index (κ1) is 14.5. The number of hydrogen-bond donors (Lipinski definition) is 1. The van der Waals surface area contributed by atoms with Crippen molar-refractivity contribution in [2.75, 3.05) is 19.8 Å². The number of benzene rings is 1. The Hall–Kier alpha value is 0.1000. The van der Waals surface area contributed by atoms with E-state index in [0.29, 0.717) is 12.0 Å². The number of halogens is 2. The summed E-state index contributed by atoms with van der Waals surface area (Å²) in [5.74, 6) is 0.663. The Labute approximate surface area is 126 Å². The second-order valence-corrected chi connectivity index (χ2v) is 6.42. The van der Waals surface area contributed by atoms with E-state index in [9.17, 15) is 0 Å². The maximum atomic E-state index is 5.47. The van der Waals surface area contributed by atoms with Crippen LogP contribution < -0.4 is 5.32 Å². The third kappa shape index (κ3) is 3.56. The minimum atomic E-state index is 0.418. The predicted molar refractivity (Wildman–Crippen MR) is 81.8 cm³/mol. The lowest BCUT2D eigenvalue weighted by atomic mass is 9.87. The lowest BCUT2D eigenvalue weighted by Crippen LogP contribution is -2.32. The second kappa shape index (κ2) is 7.04. The fourth-order valence-electron chi connectivity index (χ4n) is 2.55. The summed E-state index contributed by atoms with van der Waals surface area (Å²) in [6.07, 6.45) is 2.28. The molecule has 1 unspecified atom stereocenters. The number of hydrogen-bond acceptors (Lipinski definition) is 2. The highest BCUT2D eigenvalue weighted by atomic mass is 79.9. The van der Waals surface area contributed by atoms with Gasteiger partial charge in [0.05, 0.1) is 0 Å². The van der Waals surface area contributed by atoms with Gasteiger partial charge < -0.3 is 10.1 Å². The van der Waals surface area contributed by atoms with Crippen LogP contribution in [0, 0.1) is 5.92 Å². The van der Waals surface area contributed by atoms with Crippen molar-refractivity contribution in [2.24, 2.45) is 5.92 Å². The Balaban J connectivity index is 2.22. The van der Waals surface area contributed by atoms with Crippen molar-refractivity contribution in [1.82, 2.24) is 5.32 Å². The summed E-state index contributed by atoms with van der Waals surface area (Å²) in [5, 5.41) is 3.63. The number of rotatable bonds is 4. The van der Waals surface area contributed by atoms with Gasteiger partial charge in [0.1, 0.15) is 0 Å². The van der Waals surface area contributed by atoms with Crippen LogP contribution in [0.3, 0.4) is 0 Å². The summed E-state index contributed by atoms with van der Waals surface area (Å²) in [6.45, 7) is 4.94. The first-order chi connectivity index (χ1) is 8.72. The standard InChI is InChI=1S/C14H19Br2NO/c1-2-17-14(10-5-7-18-8-6-10)12-4-3-11(15)9-13(12)16/h3-4,9-10,14,17H,2,5-8H2,1H3. The van der Waals surface area contributed by atoms with Crippen LogP contribution in [-0.4, -0.2) is 19.8 Å². The Morgan fingerprint density at radius 2 is 2.06 bits per heavy atom. The Morgan fingerprint density at radius 3 is 2.67 bits per heavy atom. The van der Waals surface area contributed by atoms with E-state index in [1.54, 1.807) is 0 Å². The van der Waals surface area contributed by atoms with E-state index in [2.05, 4.69) is 62.3 Å². The Bertz CT molecular complexity index is 391. The SMILES string of the molecule is CCNC(c1ccc(Br)cc1Br)C1CCOCC1. The number of nitrogens with one attached hydrogen (secondary N) is 1. The van der Waals surface area contributed by atoms with E-state index in [1.165, 1.54) is 10.0 Å². The van der Waals surface area contributed by atoms with Crippen LogP contribution in [0.15, 0.2) is 27.1 Å². The van der Waals surface area contributed by atoms with Crippen LogP contribution >= 0.6 is 31.9 Å². The molecule has 100 valence electrons.